The van der Waals surface area contributed by atoms with Gasteiger partial charge in [0.05, 0.1) is 5.52 Å². The first-order valence-corrected chi connectivity index (χ1v) is 5.37. The van der Waals surface area contributed by atoms with E-state index in [-0.39, 0.29) is 0 Å². The molecule has 17 heavy (non-hydrogen) atoms. The van der Waals surface area contributed by atoms with E-state index in [1.165, 1.54) is 6.20 Å². The van der Waals surface area contributed by atoms with Gasteiger partial charge in [-0.05, 0) is 18.2 Å². The maximum atomic E-state index is 11.2. The van der Waals surface area contributed by atoms with E-state index in [4.69, 9.17) is 0 Å². The van der Waals surface area contributed by atoms with Crippen LogP contribution in [-0.4, -0.2) is 4.98 Å². The number of hydrogen-bond acceptors (Lipinski definition) is 2. The second-order valence-corrected chi connectivity index (χ2v) is 3.87. The van der Waals surface area contributed by atoms with Gasteiger partial charge in [-0.2, -0.15) is 4.73 Å². The van der Waals surface area contributed by atoms with Crippen molar-refractivity contribution in [3.63, 3.8) is 0 Å². The maximum Gasteiger partial charge on any atom is 0.188 e. The summed E-state index contributed by atoms with van der Waals surface area (Å²) in [5.74, 6) is 0. The molecule has 0 saturated carbocycles. The molecule has 0 aliphatic carbocycles. The third-order valence-electron chi connectivity index (χ3n) is 2.70. The van der Waals surface area contributed by atoms with Gasteiger partial charge in [0, 0.05) is 28.8 Å². The highest BCUT2D eigenvalue weighted by molar-refractivity contribution is 5.83. The van der Waals surface area contributed by atoms with Crippen LogP contribution in [-0.2, 0) is 0 Å². The molecule has 3 aromatic rings. The summed E-state index contributed by atoms with van der Waals surface area (Å²) >= 11 is 0. The molecule has 0 saturated heterocycles. The minimum absolute atomic E-state index is 0.796. The Labute approximate surface area is 98.6 Å². The summed E-state index contributed by atoms with van der Waals surface area (Å²) < 4.78 is 0.796. The van der Waals surface area contributed by atoms with Gasteiger partial charge in [-0.15, -0.1) is 0 Å². The number of hydrogen-bond donors (Lipinski definition) is 0. The van der Waals surface area contributed by atoms with Crippen molar-refractivity contribution in [1.29, 1.82) is 0 Å². The summed E-state index contributed by atoms with van der Waals surface area (Å²) in [5.41, 5.74) is 2.79. The fourth-order valence-electron chi connectivity index (χ4n) is 1.85. The molecule has 0 unspecified atom stereocenters. The summed E-state index contributed by atoms with van der Waals surface area (Å²) in [6.45, 7) is 0. The molecule has 0 amide bonds. The highest BCUT2D eigenvalue weighted by Crippen LogP contribution is 2.21. The number of para-hydroxylation sites is 1. The minimum atomic E-state index is 0.796. The van der Waals surface area contributed by atoms with Gasteiger partial charge >= 0.3 is 0 Å². The van der Waals surface area contributed by atoms with Gasteiger partial charge in [-0.25, -0.2) is 0 Å². The Kier molecular flexibility index (Phi) is 2.22. The van der Waals surface area contributed by atoms with Crippen LogP contribution in [0.3, 0.4) is 0 Å². The van der Waals surface area contributed by atoms with Crippen molar-refractivity contribution in [3.8, 4) is 11.1 Å². The van der Waals surface area contributed by atoms with Crippen LogP contribution in [0.1, 0.15) is 0 Å². The van der Waals surface area contributed by atoms with Crippen molar-refractivity contribution >= 4 is 10.9 Å². The lowest BCUT2D eigenvalue weighted by Gasteiger charge is -2.03. The SMILES string of the molecule is [O-][n+]1cccc(-c2cnc3ccccc3c2)c1. The van der Waals surface area contributed by atoms with E-state index < -0.39 is 0 Å². The van der Waals surface area contributed by atoms with E-state index in [0.717, 1.165) is 26.8 Å². The lowest BCUT2D eigenvalue weighted by Crippen LogP contribution is -2.23. The average Bonchev–Trinajstić information content (AvgIpc) is 2.38. The van der Waals surface area contributed by atoms with Gasteiger partial charge in [0.1, 0.15) is 0 Å². The Morgan fingerprint density at radius 1 is 1.00 bits per heavy atom. The third-order valence-corrected chi connectivity index (χ3v) is 2.70. The Hall–Kier alpha value is -2.42. The molecule has 82 valence electrons. The summed E-state index contributed by atoms with van der Waals surface area (Å²) in [6.07, 6.45) is 4.81. The molecule has 0 aliphatic heterocycles. The molecular formula is C14H10N2O. The molecule has 2 aromatic heterocycles. The number of aromatic nitrogens is 2. The van der Waals surface area contributed by atoms with E-state index in [1.54, 1.807) is 18.5 Å². The Bertz CT molecular complexity index is 680. The lowest BCUT2D eigenvalue weighted by molar-refractivity contribution is -0.604. The Balaban J connectivity index is 2.18. The second-order valence-electron chi connectivity index (χ2n) is 3.87. The number of rotatable bonds is 1. The van der Waals surface area contributed by atoms with Crippen molar-refractivity contribution in [1.82, 2.24) is 4.98 Å². The van der Waals surface area contributed by atoms with Gasteiger partial charge < -0.3 is 5.21 Å². The smallest absolute Gasteiger partial charge is 0.188 e. The van der Waals surface area contributed by atoms with Gasteiger partial charge in [0.2, 0.25) is 0 Å². The first kappa shape index (κ1) is 9.78. The van der Waals surface area contributed by atoms with Crippen LogP contribution in [0, 0.1) is 5.21 Å². The molecule has 0 radical (unpaired) electrons. The van der Waals surface area contributed by atoms with Crippen LogP contribution >= 0.6 is 0 Å². The quantitative estimate of drug-likeness (QED) is 0.469. The predicted molar refractivity (Wildman–Crippen MR) is 66.1 cm³/mol. The summed E-state index contributed by atoms with van der Waals surface area (Å²) in [6, 6.07) is 13.6. The van der Waals surface area contributed by atoms with E-state index in [0.29, 0.717) is 0 Å². The van der Waals surface area contributed by atoms with Crippen LogP contribution in [0.2, 0.25) is 0 Å². The van der Waals surface area contributed by atoms with Crippen molar-refractivity contribution in [2.75, 3.05) is 0 Å². The van der Waals surface area contributed by atoms with Gasteiger partial charge in [-0.3, -0.25) is 4.98 Å². The summed E-state index contributed by atoms with van der Waals surface area (Å²) in [4.78, 5) is 4.38. The highest BCUT2D eigenvalue weighted by Gasteiger charge is 2.03. The first-order valence-electron chi connectivity index (χ1n) is 5.37. The van der Waals surface area contributed by atoms with Crippen LogP contribution in [0.4, 0.5) is 0 Å². The zero-order valence-corrected chi connectivity index (χ0v) is 9.08. The molecule has 3 nitrogen and oxygen atoms in total. The molecule has 1 aromatic carbocycles. The number of nitrogens with zero attached hydrogens (tertiary/aromatic N) is 2. The fourth-order valence-corrected chi connectivity index (χ4v) is 1.85. The molecule has 0 N–H and O–H groups in total. The molecule has 3 rings (SSSR count). The number of benzene rings is 1. The normalized spacial score (nSPS) is 10.6. The molecule has 0 atom stereocenters. The third kappa shape index (κ3) is 1.83. The van der Waals surface area contributed by atoms with Crippen LogP contribution in [0.15, 0.2) is 61.1 Å². The number of fused-ring (bicyclic) bond motifs is 1. The molecule has 2 heterocycles. The van der Waals surface area contributed by atoms with E-state index in [9.17, 15) is 5.21 Å². The second kappa shape index (κ2) is 3.87. The fraction of sp³-hybridized carbons (Fsp3) is 0. The van der Waals surface area contributed by atoms with E-state index in [1.807, 2.05) is 36.4 Å². The van der Waals surface area contributed by atoms with Crippen molar-refractivity contribution < 1.29 is 4.73 Å². The molecule has 0 bridgehead atoms. The monoisotopic (exact) mass is 222 g/mol. The van der Waals surface area contributed by atoms with E-state index in [2.05, 4.69) is 4.98 Å². The predicted octanol–water partition coefficient (Wildman–Crippen LogP) is 2.54. The summed E-state index contributed by atoms with van der Waals surface area (Å²) in [7, 11) is 0. The first-order chi connectivity index (χ1) is 8.33. The van der Waals surface area contributed by atoms with Gasteiger partial charge in [0.15, 0.2) is 12.4 Å². The molecule has 0 spiro atoms. The van der Waals surface area contributed by atoms with E-state index >= 15 is 0 Å². The zero-order chi connectivity index (χ0) is 11.7. The van der Waals surface area contributed by atoms with Crippen molar-refractivity contribution in [2.45, 2.75) is 0 Å². The molecule has 3 heteroatoms. The standard InChI is InChI=1S/C14H10N2O/c17-16-7-3-5-12(10-16)13-8-11-4-1-2-6-14(11)15-9-13/h1-10H. The Morgan fingerprint density at radius 2 is 1.88 bits per heavy atom. The van der Waals surface area contributed by atoms with Crippen LogP contribution in [0.25, 0.3) is 22.0 Å². The van der Waals surface area contributed by atoms with Crippen LogP contribution in [0.5, 0.6) is 0 Å². The van der Waals surface area contributed by atoms with Gasteiger partial charge in [0.25, 0.3) is 0 Å². The summed E-state index contributed by atoms with van der Waals surface area (Å²) in [5, 5.41) is 12.3. The minimum Gasteiger partial charge on any atom is -0.619 e. The average molecular weight is 222 g/mol. The maximum absolute atomic E-state index is 11.2. The lowest BCUT2D eigenvalue weighted by atomic mass is 10.1. The zero-order valence-electron chi connectivity index (χ0n) is 9.08. The molecular weight excluding hydrogens is 212 g/mol. The highest BCUT2D eigenvalue weighted by atomic mass is 16.5. The van der Waals surface area contributed by atoms with Crippen molar-refractivity contribution in [2.24, 2.45) is 0 Å². The Morgan fingerprint density at radius 3 is 2.76 bits per heavy atom. The molecule has 0 aliphatic rings. The number of pyridine rings is 2. The topological polar surface area (TPSA) is 39.8 Å². The van der Waals surface area contributed by atoms with Gasteiger partial charge in [-0.1, -0.05) is 18.2 Å². The largest absolute Gasteiger partial charge is 0.619 e. The molecule has 0 fully saturated rings. The van der Waals surface area contributed by atoms with Crippen LogP contribution < -0.4 is 4.73 Å². The van der Waals surface area contributed by atoms with Crippen molar-refractivity contribution in [3.05, 3.63) is 66.3 Å².